The van der Waals surface area contributed by atoms with E-state index in [1.807, 2.05) is 0 Å². The molecule has 0 aliphatic rings. The highest BCUT2D eigenvalue weighted by molar-refractivity contribution is 7.92. The van der Waals surface area contributed by atoms with Crippen LogP contribution in [0.5, 0.6) is 11.6 Å². The number of methoxy groups -OCH3 is 1. The number of nitrogens with one attached hydrogen (secondary N) is 1. The lowest BCUT2D eigenvalue weighted by Crippen LogP contribution is -2.12. The number of aromatic nitrogens is 1. The van der Waals surface area contributed by atoms with Crippen LogP contribution in [0.4, 0.5) is 5.69 Å². The lowest BCUT2D eigenvalue weighted by molar-refractivity contribution is 0.398. The molecule has 2 rings (SSSR count). The Morgan fingerprint density at radius 1 is 1.26 bits per heavy atom. The number of anilines is 1. The van der Waals surface area contributed by atoms with E-state index in [0.717, 1.165) is 0 Å². The Hall–Kier alpha value is -2.28. The molecule has 1 aromatic carbocycles. The second-order valence-electron chi connectivity index (χ2n) is 3.69. The van der Waals surface area contributed by atoms with E-state index in [4.69, 9.17) is 4.74 Å². The number of aromatic hydroxyl groups is 1. The number of phenols is 1. The summed E-state index contributed by atoms with van der Waals surface area (Å²) in [6.45, 7) is 0. The molecule has 0 fully saturated rings. The fourth-order valence-corrected chi connectivity index (χ4v) is 2.51. The third kappa shape index (κ3) is 3.14. The lowest BCUT2D eigenvalue weighted by Gasteiger charge is -2.08. The highest BCUT2D eigenvalue weighted by Gasteiger charge is 2.14. The van der Waals surface area contributed by atoms with E-state index in [1.54, 1.807) is 6.07 Å². The molecule has 1 aromatic heterocycles. The zero-order valence-electron chi connectivity index (χ0n) is 10.1. The first-order chi connectivity index (χ1) is 9.01. The normalized spacial score (nSPS) is 11.0. The SMILES string of the molecule is COc1ccc(NS(=O)(=O)c2cccc(O)c2)cn1. The van der Waals surface area contributed by atoms with Gasteiger partial charge in [0.05, 0.1) is 23.9 Å². The third-order valence-electron chi connectivity index (χ3n) is 2.33. The van der Waals surface area contributed by atoms with Crippen LogP contribution in [0, 0.1) is 0 Å². The molecule has 100 valence electrons. The molecule has 0 bridgehead atoms. The maximum atomic E-state index is 12.0. The van der Waals surface area contributed by atoms with Gasteiger partial charge in [-0.25, -0.2) is 13.4 Å². The first-order valence-electron chi connectivity index (χ1n) is 5.33. The van der Waals surface area contributed by atoms with Gasteiger partial charge < -0.3 is 9.84 Å². The predicted octanol–water partition coefficient (Wildman–Crippen LogP) is 1.60. The molecule has 0 unspecified atom stereocenters. The summed E-state index contributed by atoms with van der Waals surface area (Å²) >= 11 is 0. The highest BCUT2D eigenvalue weighted by Crippen LogP contribution is 2.20. The van der Waals surface area contributed by atoms with Crippen molar-refractivity contribution in [3.05, 3.63) is 42.6 Å². The molecule has 2 aromatic rings. The quantitative estimate of drug-likeness (QED) is 0.888. The number of hydrogen-bond acceptors (Lipinski definition) is 5. The number of rotatable bonds is 4. The number of benzene rings is 1. The van der Waals surface area contributed by atoms with Gasteiger partial charge in [0, 0.05) is 12.1 Å². The first kappa shape index (κ1) is 13.2. The van der Waals surface area contributed by atoms with Crippen molar-refractivity contribution in [3.63, 3.8) is 0 Å². The summed E-state index contributed by atoms with van der Waals surface area (Å²) in [5, 5.41) is 9.29. The lowest BCUT2D eigenvalue weighted by atomic mass is 10.3. The molecule has 0 atom stereocenters. The summed E-state index contributed by atoms with van der Waals surface area (Å²) in [7, 11) is -2.28. The molecular formula is C12H12N2O4S. The minimum absolute atomic E-state index is 0.0247. The predicted molar refractivity (Wildman–Crippen MR) is 69.7 cm³/mol. The Kier molecular flexibility index (Phi) is 3.57. The van der Waals surface area contributed by atoms with Crippen LogP contribution in [0.15, 0.2) is 47.5 Å². The Labute approximate surface area is 110 Å². The van der Waals surface area contributed by atoms with Crippen molar-refractivity contribution in [1.82, 2.24) is 4.98 Å². The Morgan fingerprint density at radius 2 is 2.05 bits per heavy atom. The van der Waals surface area contributed by atoms with Crippen molar-refractivity contribution in [2.45, 2.75) is 4.90 Å². The van der Waals surface area contributed by atoms with Crippen LogP contribution in [0.1, 0.15) is 0 Å². The molecule has 19 heavy (non-hydrogen) atoms. The largest absolute Gasteiger partial charge is 0.508 e. The van der Waals surface area contributed by atoms with Crippen molar-refractivity contribution in [1.29, 1.82) is 0 Å². The molecule has 0 aliphatic carbocycles. The van der Waals surface area contributed by atoms with Gasteiger partial charge in [-0.1, -0.05) is 6.07 Å². The number of ether oxygens (including phenoxy) is 1. The summed E-state index contributed by atoms with van der Waals surface area (Å²) < 4.78 is 31.3. The molecule has 6 nitrogen and oxygen atoms in total. The standard InChI is InChI=1S/C12H12N2O4S/c1-18-12-6-5-9(8-13-12)14-19(16,17)11-4-2-3-10(15)7-11/h2-8,14-15H,1H3. The molecule has 0 spiro atoms. The van der Waals surface area contributed by atoms with Crippen molar-refractivity contribution in [2.75, 3.05) is 11.8 Å². The van der Waals surface area contributed by atoms with Crippen LogP contribution in [-0.4, -0.2) is 25.6 Å². The Bertz CT molecular complexity index is 668. The smallest absolute Gasteiger partial charge is 0.262 e. The van der Waals surface area contributed by atoms with E-state index in [2.05, 4.69) is 9.71 Å². The van der Waals surface area contributed by atoms with Crippen LogP contribution in [-0.2, 0) is 10.0 Å². The Balaban J connectivity index is 2.25. The fourth-order valence-electron chi connectivity index (χ4n) is 1.43. The summed E-state index contributed by atoms with van der Waals surface area (Å²) in [4.78, 5) is 3.87. The average molecular weight is 280 g/mol. The average Bonchev–Trinajstić information content (AvgIpc) is 2.39. The van der Waals surface area contributed by atoms with Crippen LogP contribution in [0.2, 0.25) is 0 Å². The van der Waals surface area contributed by atoms with Crippen LogP contribution >= 0.6 is 0 Å². The molecule has 1 heterocycles. The van der Waals surface area contributed by atoms with Crippen molar-refractivity contribution < 1.29 is 18.3 Å². The van der Waals surface area contributed by atoms with Crippen LogP contribution in [0.25, 0.3) is 0 Å². The monoisotopic (exact) mass is 280 g/mol. The zero-order chi connectivity index (χ0) is 13.9. The highest BCUT2D eigenvalue weighted by atomic mass is 32.2. The van der Waals surface area contributed by atoms with E-state index in [9.17, 15) is 13.5 Å². The fraction of sp³-hybridized carbons (Fsp3) is 0.0833. The maximum Gasteiger partial charge on any atom is 0.262 e. The Morgan fingerprint density at radius 3 is 2.63 bits per heavy atom. The molecule has 0 aliphatic heterocycles. The minimum atomic E-state index is -3.75. The van der Waals surface area contributed by atoms with E-state index in [0.29, 0.717) is 11.6 Å². The topological polar surface area (TPSA) is 88.5 Å². The van der Waals surface area contributed by atoms with E-state index in [1.165, 1.54) is 43.6 Å². The molecule has 0 radical (unpaired) electrons. The van der Waals surface area contributed by atoms with Gasteiger partial charge in [0.25, 0.3) is 10.0 Å². The van der Waals surface area contributed by atoms with Crippen LogP contribution < -0.4 is 9.46 Å². The van der Waals surface area contributed by atoms with Gasteiger partial charge in [-0.2, -0.15) is 0 Å². The summed E-state index contributed by atoms with van der Waals surface area (Å²) in [5.74, 6) is 0.274. The number of nitrogens with zero attached hydrogens (tertiary/aromatic N) is 1. The molecular weight excluding hydrogens is 268 g/mol. The molecule has 7 heteroatoms. The minimum Gasteiger partial charge on any atom is -0.508 e. The van der Waals surface area contributed by atoms with Gasteiger partial charge in [0.1, 0.15) is 5.75 Å². The number of hydrogen-bond donors (Lipinski definition) is 2. The second-order valence-corrected chi connectivity index (χ2v) is 5.37. The summed E-state index contributed by atoms with van der Waals surface area (Å²) in [6, 6.07) is 8.48. The van der Waals surface area contributed by atoms with E-state index >= 15 is 0 Å². The summed E-state index contributed by atoms with van der Waals surface area (Å²) in [5.41, 5.74) is 0.309. The van der Waals surface area contributed by atoms with Gasteiger partial charge in [0.2, 0.25) is 5.88 Å². The number of pyridine rings is 1. The van der Waals surface area contributed by atoms with Crippen molar-refractivity contribution in [2.24, 2.45) is 0 Å². The molecule has 0 saturated carbocycles. The van der Waals surface area contributed by atoms with Crippen molar-refractivity contribution >= 4 is 15.7 Å². The van der Waals surface area contributed by atoms with Crippen LogP contribution in [0.3, 0.4) is 0 Å². The van der Waals surface area contributed by atoms with Crippen molar-refractivity contribution in [3.8, 4) is 11.6 Å². The molecule has 2 N–H and O–H groups in total. The number of sulfonamides is 1. The first-order valence-corrected chi connectivity index (χ1v) is 6.81. The molecule has 0 saturated heterocycles. The third-order valence-corrected chi connectivity index (χ3v) is 3.70. The van der Waals surface area contributed by atoms with Gasteiger partial charge in [-0.05, 0) is 18.2 Å². The van der Waals surface area contributed by atoms with Gasteiger partial charge >= 0.3 is 0 Å². The van der Waals surface area contributed by atoms with Gasteiger partial charge in [-0.15, -0.1) is 0 Å². The maximum absolute atomic E-state index is 12.0. The summed E-state index contributed by atoms with van der Waals surface area (Å²) in [6.07, 6.45) is 1.35. The second kappa shape index (κ2) is 5.15. The number of phenolic OH excluding ortho intramolecular Hbond substituents is 1. The molecule has 0 amide bonds. The van der Waals surface area contributed by atoms with E-state index < -0.39 is 10.0 Å². The van der Waals surface area contributed by atoms with E-state index in [-0.39, 0.29) is 10.6 Å². The van der Waals surface area contributed by atoms with Gasteiger partial charge in [0.15, 0.2) is 0 Å². The van der Waals surface area contributed by atoms with Gasteiger partial charge in [-0.3, -0.25) is 4.72 Å². The zero-order valence-corrected chi connectivity index (χ0v) is 10.9.